The predicted octanol–water partition coefficient (Wildman–Crippen LogP) is 4.45. The lowest BCUT2D eigenvalue weighted by molar-refractivity contribution is -0.115. The summed E-state index contributed by atoms with van der Waals surface area (Å²) < 4.78 is 27.7. The van der Waals surface area contributed by atoms with Gasteiger partial charge in [-0.15, -0.1) is 0 Å². The van der Waals surface area contributed by atoms with Crippen molar-refractivity contribution in [3.8, 4) is 0 Å². The number of carbonyl (C=O) groups is 1. The molecule has 0 spiro atoms. The molecule has 0 saturated heterocycles. The molecule has 1 aromatic heterocycles. The highest BCUT2D eigenvalue weighted by Crippen LogP contribution is 2.32. The van der Waals surface area contributed by atoms with Crippen molar-refractivity contribution in [1.82, 2.24) is 4.98 Å². The molecule has 2 aromatic carbocycles. The van der Waals surface area contributed by atoms with Crippen LogP contribution in [0.25, 0.3) is 0 Å². The van der Waals surface area contributed by atoms with E-state index in [0.29, 0.717) is 35.6 Å². The minimum atomic E-state index is -0.634. The summed E-state index contributed by atoms with van der Waals surface area (Å²) in [6.45, 7) is 0.548. The fraction of sp³-hybridized carbons (Fsp3) is 0.136. The number of fused-ring (bicyclic) bond motifs is 1. The molecule has 7 heteroatoms. The quantitative estimate of drug-likeness (QED) is 0.609. The lowest BCUT2D eigenvalue weighted by atomic mass is 10.0. The van der Waals surface area contributed by atoms with Gasteiger partial charge in [-0.2, -0.15) is 0 Å². The maximum atomic E-state index is 14.4. The van der Waals surface area contributed by atoms with E-state index in [1.807, 2.05) is 18.2 Å². The predicted molar refractivity (Wildman–Crippen MR) is 109 cm³/mol. The highest BCUT2D eigenvalue weighted by molar-refractivity contribution is 6.12. The Balaban J connectivity index is 1.41. The van der Waals surface area contributed by atoms with Crippen LogP contribution in [-0.2, 0) is 11.2 Å². The van der Waals surface area contributed by atoms with Gasteiger partial charge in [-0.3, -0.25) is 14.8 Å². The van der Waals surface area contributed by atoms with Crippen LogP contribution in [0.15, 0.2) is 65.8 Å². The summed E-state index contributed by atoms with van der Waals surface area (Å²) in [5, 5.41) is 5.67. The molecule has 0 saturated carbocycles. The van der Waals surface area contributed by atoms with E-state index in [1.165, 1.54) is 24.4 Å². The molecule has 0 fully saturated rings. The van der Waals surface area contributed by atoms with Gasteiger partial charge in [0.15, 0.2) is 0 Å². The number of pyridine rings is 1. The molecule has 1 atom stereocenters. The molecule has 0 bridgehead atoms. The van der Waals surface area contributed by atoms with E-state index < -0.39 is 17.6 Å². The number of amides is 1. The fourth-order valence-electron chi connectivity index (χ4n) is 3.17. The molecular formula is C22H18F2N4O. The van der Waals surface area contributed by atoms with Crippen molar-refractivity contribution in [2.45, 2.75) is 12.3 Å². The lowest BCUT2D eigenvalue weighted by Crippen LogP contribution is -2.12. The van der Waals surface area contributed by atoms with Crippen molar-refractivity contribution >= 4 is 29.2 Å². The molecule has 2 heterocycles. The SMILES string of the molecule is O=C1Nc2cc(F)ccc2C1C=Nc1ccc(NCCc2ccccn2)c(F)c1. The van der Waals surface area contributed by atoms with E-state index in [1.54, 1.807) is 24.4 Å². The second kappa shape index (κ2) is 8.18. The molecule has 29 heavy (non-hydrogen) atoms. The van der Waals surface area contributed by atoms with Gasteiger partial charge in [0.1, 0.15) is 17.6 Å². The Morgan fingerprint density at radius 1 is 1.14 bits per heavy atom. The average Bonchev–Trinajstić information content (AvgIpc) is 3.02. The number of rotatable bonds is 6. The van der Waals surface area contributed by atoms with Gasteiger partial charge in [0.25, 0.3) is 0 Å². The maximum absolute atomic E-state index is 14.4. The smallest absolute Gasteiger partial charge is 0.237 e. The molecule has 0 aliphatic carbocycles. The Morgan fingerprint density at radius 3 is 2.83 bits per heavy atom. The normalized spacial score (nSPS) is 15.4. The van der Waals surface area contributed by atoms with Gasteiger partial charge in [0, 0.05) is 42.8 Å². The molecule has 146 valence electrons. The second-order valence-corrected chi connectivity index (χ2v) is 6.64. The van der Waals surface area contributed by atoms with Crippen LogP contribution in [0.2, 0.25) is 0 Å². The highest BCUT2D eigenvalue weighted by Gasteiger charge is 2.29. The number of hydrogen-bond donors (Lipinski definition) is 2. The van der Waals surface area contributed by atoms with Crippen molar-refractivity contribution < 1.29 is 13.6 Å². The van der Waals surface area contributed by atoms with Crippen LogP contribution in [0.4, 0.5) is 25.8 Å². The number of nitrogens with one attached hydrogen (secondary N) is 2. The summed E-state index contributed by atoms with van der Waals surface area (Å²) >= 11 is 0. The van der Waals surface area contributed by atoms with Gasteiger partial charge in [-0.1, -0.05) is 12.1 Å². The van der Waals surface area contributed by atoms with Gasteiger partial charge < -0.3 is 10.6 Å². The third kappa shape index (κ3) is 4.29. The first-order valence-corrected chi connectivity index (χ1v) is 9.18. The number of aliphatic imine (C=N–C) groups is 1. The van der Waals surface area contributed by atoms with Gasteiger partial charge in [-0.05, 0) is 42.0 Å². The van der Waals surface area contributed by atoms with Gasteiger partial charge >= 0.3 is 0 Å². The Labute approximate surface area is 166 Å². The second-order valence-electron chi connectivity index (χ2n) is 6.64. The first-order chi connectivity index (χ1) is 14.1. The van der Waals surface area contributed by atoms with E-state index in [-0.39, 0.29) is 5.91 Å². The summed E-state index contributed by atoms with van der Waals surface area (Å²) in [5.41, 5.74) is 2.77. The minimum Gasteiger partial charge on any atom is -0.382 e. The summed E-state index contributed by atoms with van der Waals surface area (Å²) in [5.74, 6) is -1.78. The molecule has 0 radical (unpaired) electrons. The van der Waals surface area contributed by atoms with Crippen molar-refractivity contribution in [1.29, 1.82) is 0 Å². The Hall–Kier alpha value is -3.61. The molecule has 1 aliphatic rings. The molecule has 1 aliphatic heterocycles. The van der Waals surface area contributed by atoms with Gasteiger partial charge in [0.05, 0.1) is 11.4 Å². The number of halogens is 2. The lowest BCUT2D eigenvalue weighted by Gasteiger charge is -2.08. The molecular weight excluding hydrogens is 374 g/mol. The van der Waals surface area contributed by atoms with Gasteiger partial charge in [-0.25, -0.2) is 8.78 Å². The molecule has 2 N–H and O–H groups in total. The van der Waals surface area contributed by atoms with Crippen molar-refractivity contribution in [3.63, 3.8) is 0 Å². The molecule has 3 aromatic rings. The third-order valence-corrected chi connectivity index (χ3v) is 4.64. The summed E-state index contributed by atoms with van der Waals surface area (Å²) in [4.78, 5) is 20.6. The zero-order valence-electron chi connectivity index (χ0n) is 15.4. The minimum absolute atomic E-state index is 0.289. The Bertz CT molecular complexity index is 1070. The van der Waals surface area contributed by atoms with Crippen LogP contribution in [0.5, 0.6) is 0 Å². The zero-order chi connectivity index (χ0) is 20.2. The highest BCUT2D eigenvalue weighted by atomic mass is 19.1. The summed E-state index contributed by atoms with van der Waals surface area (Å²) in [7, 11) is 0. The van der Waals surface area contributed by atoms with Crippen LogP contribution in [0.3, 0.4) is 0 Å². The Kier molecular flexibility index (Phi) is 5.29. The van der Waals surface area contributed by atoms with E-state index in [4.69, 9.17) is 0 Å². The van der Waals surface area contributed by atoms with Crippen LogP contribution in [0.1, 0.15) is 17.2 Å². The van der Waals surface area contributed by atoms with E-state index >= 15 is 0 Å². The first-order valence-electron chi connectivity index (χ1n) is 9.18. The number of anilines is 2. The van der Waals surface area contributed by atoms with E-state index in [9.17, 15) is 13.6 Å². The Morgan fingerprint density at radius 2 is 2.03 bits per heavy atom. The summed E-state index contributed by atoms with van der Waals surface area (Å²) in [6, 6.07) is 14.4. The van der Waals surface area contributed by atoms with Crippen LogP contribution >= 0.6 is 0 Å². The van der Waals surface area contributed by atoms with Crippen LogP contribution < -0.4 is 10.6 Å². The fourth-order valence-corrected chi connectivity index (χ4v) is 3.17. The molecule has 1 unspecified atom stereocenters. The van der Waals surface area contributed by atoms with Crippen molar-refractivity contribution in [2.75, 3.05) is 17.2 Å². The number of carbonyl (C=O) groups excluding carboxylic acids is 1. The molecule has 5 nitrogen and oxygen atoms in total. The zero-order valence-corrected chi connectivity index (χ0v) is 15.4. The van der Waals surface area contributed by atoms with Crippen molar-refractivity contribution in [3.05, 3.63) is 83.7 Å². The topological polar surface area (TPSA) is 66.4 Å². The standard InChI is InChI=1S/C22H18F2N4O/c23-14-4-6-17-18(22(29)28-21(17)11-14)13-27-16-5-7-20(19(24)12-16)26-10-8-15-3-1-2-9-25-15/h1-7,9,11-13,18,26H,8,10H2,(H,28,29). The average molecular weight is 392 g/mol. The third-order valence-electron chi connectivity index (χ3n) is 4.64. The number of aromatic nitrogens is 1. The molecule has 4 rings (SSSR count). The number of nitrogens with zero attached hydrogens (tertiary/aromatic N) is 2. The number of benzene rings is 2. The maximum Gasteiger partial charge on any atom is 0.237 e. The van der Waals surface area contributed by atoms with E-state index in [2.05, 4.69) is 20.6 Å². The van der Waals surface area contributed by atoms with Gasteiger partial charge in [0.2, 0.25) is 5.91 Å². The monoisotopic (exact) mass is 392 g/mol. The van der Waals surface area contributed by atoms with Crippen molar-refractivity contribution in [2.24, 2.45) is 4.99 Å². The largest absolute Gasteiger partial charge is 0.382 e. The van der Waals surface area contributed by atoms with Crippen LogP contribution in [0, 0.1) is 11.6 Å². The summed E-state index contributed by atoms with van der Waals surface area (Å²) in [6.07, 6.45) is 3.85. The first kappa shape index (κ1) is 18.7. The molecule has 1 amide bonds. The van der Waals surface area contributed by atoms with Crippen LogP contribution in [-0.4, -0.2) is 23.7 Å². The van der Waals surface area contributed by atoms with E-state index in [0.717, 1.165) is 5.69 Å². The number of hydrogen-bond acceptors (Lipinski definition) is 4.